The number of carbonyl (C=O) groups excluding carboxylic acids is 2. The van der Waals surface area contributed by atoms with Gasteiger partial charge in [-0.15, -0.1) is 0 Å². The van der Waals surface area contributed by atoms with Crippen LogP contribution in [-0.4, -0.2) is 25.1 Å². The number of hydrogen-bond acceptors (Lipinski definition) is 5. The molecule has 0 unspecified atom stereocenters. The number of amides is 2. The first-order valence-corrected chi connectivity index (χ1v) is 11.5. The number of aryl methyl sites for hydroxylation is 2. The topological polar surface area (TPSA) is 89.0 Å². The highest BCUT2D eigenvalue weighted by Crippen LogP contribution is 2.36. The Morgan fingerprint density at radius 3 is 2.59 bits per heavy atom. The molecule has 0 atom stereocenters. The summed E-state index contributed by atoms with van der Waals surface area (Å²) < 4.78 is 12.1. The van der Waals surface area contributed by atoms with E-state index in [2.05, 4.69) is 37.8 Å². The molecule has 0 saturated carbocycles. The van der Waals surface area contributed by atoms with Gasteiger partial charge in [-0.2, -0.15) is 5.10 Å². The number of halogens is 1. The number of hydrazone groups is 1. The largest absolute Gasteiger partial charge is 0.493 e. The van der Waals surface area contributed by atoms with Gasteiger partial charge in [-0.3, -0.25) is 9.59 Å². The van der Waals surface area contributed by atoms with Crippen LogP contribution in [0.1, 0.15) is 29.2 Å². The number of benzene rings is 3. The summed E-state index contributed by atoms with van der Waals surface area (Å²) in [5, 5.41) is 6.50. The lowest BCUT2D eigenvalue weighted by Crippen LogP contribution is -2.32. The second kappa shape index (κ2) is 12.0. The van der Waals surface area contributed by atoms with E-state index in [9.17, 15) is 9.59 Å². The maximum Gasteiger partial charge on any atom is 0.329 e. The first-order valence-electron chi connectivity index (χ1n) is 10.7. The van der Waals surface area contributed by atoms with Gasteiger partial charge in [-0.25, -0.2) is 5.43 Å². The van der Waals surface area contributed by atoms with Crippen molar-refractivity contribution in [3.05, 3.63) is 87.4 Å². The standard InChI is InChI=1S/C26H26BrN3O4/c1-4-20-10-5-6-11-22(20)29-25(31)26(32)30-28-15-19-13-21(27)24(23(14-19)33-3)34-16-18-9-7-8-17(2)12-18/h5-15H,4,16H2,1-3H3,(H,29,31)(H,30,32)/b28-15+. The average molecular weight is 524 g/mol. The summed E-state index contributed by atoms with van der Waals surface area (Å²) in [5.74, 6) is -0.606. The quantitative estimate of drug-likeness (QED) is 0.247. The van der Waals surface area contributed by atoms with E-state index >= 15 is 0 Å². The van der Waals surface area contributed by atoms with Crippen molar-refractivity contribution < 1.29 is 19.1 Å². The molecule has 0 aliphatic rings. The number of ether oxygens (including phenoxy) is 2. The molecular formula is C26H26BrN3O4. The van der Waals surface area contributed by atoms with E-state index in [0.29, 0.717) is 33.8 Å². The molecule has 34 heavy (non-hydrogen) atoms. The summed E-state index contributed by atoms with van der Waals surface area (Å²) in [6, 6.07) is 18.9. The minimum Gasteiger partial charge on any atom is -0.493 e. The first kappa shape index (κ1) is 25.0. The van der Waals surface area contributed by atoms with Crippen LogP contribution in [0.5, 0.6) is 11.5 Å². The third-order valence-electron chi connectivity index (χ3n) is 4.95. The Morgan fingerprint density at radius 2 is 1.85 bits per heavy atom. The third kappa shape index (κ3) is 6.68. The molecule has 3 rings (SSSR count). The lowest BCUT2D eigenvalue weighted by molar-refractivity contribution is -0.136. The van der Waals surface area contributed by atoms with Crippen molar-refractivity contribution in [2.75, 3.05) is 12.4 Å². The Bertz CT molecular complexity index is 1210. The summed E-state index contributed by atoms with van der Waals surface area (Å²) in [4.78, 5) is 24.3. The number of carbonyl (C=O) groups is 2. The molecular weight excluding hydrogens is 498 g/mol. The van der Waals surface area contributed by atoms with Crippen LogP contribution in [0.25, 0.3) is 0 Å². The molecule has 0 aliphatic carbocycles. The molecule has 2 amide bonds. The van der Waals surface area contributed by atoms with Gasteiger partial charge in [0.25, 0.3) is 0 Å². The zero-order chi connectivity index (χ0) is 24.5. The van der Waals surface area contributed by atoms with Crippen LogP contribution >= 0.6 is 15.9 Å². The van der Waals surface area contributed by atoms with Crippen LogP contribution in [0.4, 0.5) is 5.69 Å². The molecule has 0 aromatic heterocycles. The van der Waals surface area contributed by atoms with Gasteiger partial charge < -0.3 is 14.8 Å². The Labute approximate surface area is 207 Å². The van der Waals surface area contributed by atoms with Crippen molar-refractivity contribution in [3.63, 3.8) is 0 Å². The minimum atomic E-state index is -0.869. The number of methoxy groups -OCH3 is 1. The first-order chi connectivity index (χ1) is 16.4. The second-order valence-corrected chi connectivity index (χ2v) is 8.33. The molecule has 7 nitrogen and oxygen atoms in total. The molecule has 0 spiro atoms. The van der Waals surface area contributed by atoms with Gasteiger partial charge in [0.05, 0.1) is 17.8 Å². The number of nitrogens with zero attached hydrogens (tertiary/aromatic N) is 1. The van der Waals surface area contributed by atoms with Crippen molar-refractivity contribution in [1.29, 1.82) is 0 Å². The van der Waals surface area contributed by atoms with Crippen molar-refractivity contribution in [3.8, 4) is 11.5 Å². The van der Waals surface area contributed by atoms with Crippen LogP contribution < -0.4 is 20.2 Å². The van der Waals surface area contributed by atoms with E-state index < -0.39 is 11.8 Å². The average Bonchev–Trinajstić information content (AvgIpc) is 2.83. The molecule has 0 saturated heterocycles. The van der Waals surface area contributed by atoms with Gasteiger partial charge in [-0.05, 0) is 64.2 Å². The van der Waals surface area contributed by atoms with Crippen molar-refractivity contribution in [2.24, 2.45) is 5.10 Å². The highest BCUT2D eigenvalue weighted by molar-refractivity contribution is 9.10. The van der Waals surface area contributed by atoms with Gasteiger partial charge in [0.1, 0.15) is 6.61 Å². The van der Waals surface area contributed by atoms with Gasteiger partial charge in [0.15, 0.2) is 11.5 Å². The van der Waals surface area contributed by atoms with E-state index in [1.165, 1.54) is 6.21 Å². The number of anilines is 1. The second-order valence-electron chi connectivity index (χ2n) is 7.48. The van der Waals surface area contributed by atoms with Crippen LogP contribution in [-0.2, 0) is 22.6 Å². The highest BCUT2D eigenvalue weighted by Gasteiger charge is 2.15. The maximum absolute atomic E-state index is 12.2. The van der Waals surface area contributed by atoms with E-state index in [1.54, 1.807) is 31.4 Å². The third-order valence-corrected chi connectivity index (χ3v) is 5.54. The summed E-state index contributed by atoms with van der Waals surface area (Å²) in [6.45, 7) is 4.39. The lowest BCUT2D eigenvalue weighted by Gasteiger charge is -2.14. The molecule has 176 valence electrons. The predicted molar refractivity (Wildman–Crippen MR) is 136 cm³/mol. The number of rotatable bonds is 8. The fraction of sp³-hybridized carbons (Fsp3) is 0.192. The fourth-order valence-electron chi connectivity index (χ4n) is 3.26. The van der Waals surface area contributed by atoms with E-state index in [-0.39, 0.29) is 0 Å². The Kier molecular flexibility index (Phi) is 8.81. The summed E-state index contributed by atoms with van der Waals surface area (Å²) in [5.41, 5.74) is 6.63. The molecule has 3 aromatic carbocycles. The maximum atomic E-state index is 12.2. The van der Waals surface area contributed by atoms with Crippen molar-refractivity contribution in [2.45, 2.75) is 26.9 Å². The molecule has 8 heteroatoms. The molecule has 0 radical (unpaired) electrons. The van der Waals surface area contributed by atoms with Gasteiger partial charge >= 0.3 is 11.8 Å². The number of hydrogen-bond donors (Lipinski definition) is 2. The van der Waals surface area contributed by atoms with Crippen molar-refractivity contribution in [1.82, 2.24) is 5.43 Å². The minimum absolute atomic E-state index is 0.385. The Morgan fingerprint density at radius 1 is 1.06 bits per heavy atom. The van der Waals surface area contributed by atoms with Gasteiger partial charge in [-0.1, -0.05) is 55.0 Å². The summed E-state index contributed by atoms with van der Waals surface area (Å²) in [7, 11) is 1.54. The van der Waals surface area contributed by atoms with Gasteiger partial charge in [0.2, 0.25) is 0 Å². The number of para-hydroxylation sites is 1. The zero-order valence-electron chi connectivity index (χ0n) is 19.2. The van der Waals surface area contributed by atoms with Crippen LogP contribution in [0.3, 0.4) is 0 Å². The van der Waals surface area contributed by atoms with E-state index in [1.807, 2.05) is 44.2 Å². The SMILES string of the molecule is CCc1ccccc1NC(=O)C(=O)N/N=C/c1cc(Br)c(OCc2cccc(C)c2)c(OC)c1. The molecule has 2 N–H and O–H groups in total. The van der Waals surface area contributed by atoms with E-state index in [0.717, 1.165) is 23.1 Å². The molecule has 3 aromatic rings. The monoisotopic (exact) mass is 523 g/mol. The summed E-state index contributed by atoms with van der Waals surface area (Å²) >= 11 is 3.50. The Hall–Kier alpha value is -3.65. The van der Waals surface area contributed by atoms with Crippen LogP contribution in [0, 0.1) is 6.92 Å². The zero-order valence-corrected chi connectivity index (χ0v) is 20.8. The van der Waals surface area contributed by atoms with Crippen molar-refractivity contribution >= 4 is 39.6 Å². The Balaban J connectivity index is 1.63. The smallest absolute Gasteiger partial charge is 0.329 e. The predicted octanol–water partition coefficient (Wildman–Crippen LogP) is 5.00. The molecule has 0 fully saturated rings. The fourth-order valence-corrected chi connectivity index (χ4v) is 3.83. The molecule has 0 heterocycles. The van der Waals surface area contributed by atoms with Crippen LogP contribution in [0.15, 0.2) is 70.2 Å². The highest BCUT2D eigenvalue weighted by atomic mass is 79.9. The van der Waals surface area contributed by atoms with Gasteiger partial charge in [0, 0.05) is 5.69 Å². The summed E-state index contributed by atoms with van der Waals surface area (Å²) in [6.07, 6.45) is 2.15. The lowest BCUT2D eigenvalue weighted by atomic mass is 10.1. The molecule has 0 aliphatic heterocycles. The number of nitrogens with one attached hydrogen (secondary N) is 2. The molecule has 0 bridgehead atoms. The normalized spacial score (nSPS) is 10.7. The van der Waals surface area contributed by atoms with Crippen LogP contribution in [0.2, 0.25) is 0 Å². The van der Waals surface area contributed by atoms with E-state index in [4.69, 9.17) is 9.47 Å².